The summed E-state index contributed by atoms with van der Waals surface area (Å²) < 4.78 is 10.9. The van der Waals surface area contributed by atoms with Crippen LogP contribution in [-0.2, 0) is 9.59 Å². The second-order valence-corrected chi connectivity index (χ2v) is 6.11. The number of esters is 2. The van der Waals surface area contributed by atoms with Crippen LogP contribution in [0.1, 0.15) is 11.1 Å². The first-order valence-corrected chi connectivity index (χ1v) is 8.20. The van der Waals surface area contributed by atoms with Crippen LogP contribution in [0, 0.1) is 0 Å². The average molecular weight is 340 g/mol. The quantitative estimate of drug-likeness (QED) is 0.528. The topological polar surface area (TPSA) is 52.6 Å². The van der Waals surface area contributed by atoms with Crippen molar-refractivity contribution in [2.24, 2.45) is 0 Å². The van der Waals surface area contributed by atoms with Crippen LogP contribution in [0.4, 0.5) is 0 Å². The summed E-state index contributed by atoms with van der Waals surface area (Å²) in [5, 5.41) is 1.28. The van der Waals surface area contributed by atoms with Crippen molar-refractivity contribution in [3.8, 4) is 11.5 Å². The van der Waals surface area contributed by atoms with Gasteiger partial charge in [-0.3, -0.25) is 0 Å². The first kappa shape index (κ1) is 14.7. The molecule has 0 saturated heterocycles. The van der Waals surface area contributed by atoms with Gasteiger partial charge in [-0.25, -0.2) is 9.59 Å². The first-order valence-electron chi connectivity index (χ1n) is 8.20. The molecule has 0 spiro atoms. The van der Waals surface area contributed by atoms with E-state index in [1.807, 2.05) is 60.7 Å². The summed E-state index contributed by atoms with van der Waals surface area (Å²) in [4.78, 5) is 24.8. The average Bonchev–Trinajstić information content (AvgIpc) is 3.15. The van der Waals surface area contributed by atoms with Gasteiger partial charge in [0.15, 0.2) is 0 Å². The Balaban J connectivity index is 1.81. The third-order valence-electron chi connectivity index (χ3n) is 4.56. The van der Waals surface area contributed by atoms with Crippen molar-refractivity contribution >= 4 is 23.1 Å². The Morgan fingerprint density at radius 2 is 0.923 bits per heavy atom. The van der Waals surface area contributed by atoms with Crippen molar-refractivity contribution in [2.45, 2.75) is 0 Å². The molecule has 0 amide bonds. The van der Waals surface area contributed by atoms with Gasteiger partial charge in [-0.2, -0.15) is 0 Å². The van der Waals surface area contributed by atoms with E-state index in [0.29, 0.717) is 33.1 Å². The van der Waals surface area contributed by atoms with Gasteiger partial charge < -0.3 is 9.47 Å². The predicted molar refractivity (Wildman–Crippen MR) is 94.9 cm³/mol. The van der Waals surface area contributed by atoms with Crippen molar-refractivity contribution in [1.29, 1.82) is 0 Å². The molecule has 2 heterocycles. The van der Waals surface area contributed by atoms with E-state index in [0.717, 1.165) is 11.1 Å². The Hall–Kier alpha value is -3.66. The fraction of sp³-hybridized carbons (Fsp3) is 0. The molecule has 3 aromatic rings. The molecule has 0 bridgehead atoms. The van der Waals surface area contributed by atoms with E-state index in [2.05, 4.69) is 0 Å². The zero-order chi connectivity index (χ0) is 17.7. The van der Waals surface area contributed by atoms with Crippen molar-refractivity contribution in [1.82, 2.24) is 0 Å². The van der Waals surface area contributed by atoms with Crippen LogP contribution in [0.2, 0.25) is 0 Å². The molecule has 0 radical (unpaired) electrons. The number of hydrogen-bond acceptors (Lipinski definition) is 4. The summed E-state index contributed by atoms with van der Waals surface area (Å²) in [6.45, 7) is 0. The molecule has 4 heteroatoms. The zero-order valence-electron chi connectivity index (χ0n) is 13.6. The monoisotopic (exact) mass is 340 g/mol. The number of rotatable bonds is 2. The highest BCUT2D eigenvalue weighted by Gasteiger charge is 2.30. The number of benzene rings is 3. The molecule has 0 aromatic heterocycles. The molecule has 0 saturated carbocycles. The van der Waals surface area contributed by atoms with Crippen LogP contribution in [0.15, 0.2) is 72.8 Å². The smallest absolute Gasteiger partial charge is 0.344 e. The Kier molecular flexibility index (Phi) is 3.06. The minimum Gasteiger partial charge on any atom is -0.422 e. The normalized spacial score (nSPS) is 14.8. The third-order valence-corrected chi connectivity index (χ3v) is 4.56. The van der Waals surface area contributed by atoms with E-state index in [-0.39, 0.29) is 0 Å². The lowest BCUT2D eigenvalue weighted by atomic mass is 10.0. The molecule has 2 aliphatic rings. The SMILES string of the molecule is O=C1Oc2cc3c(cc2=C1c1ccccc1)OC(=O)C=3c1ccccc1. The fourth-order valence-corrected chi connectivity index (χ4v) is 3.40. The summed E-state index contributed by atoms with van der Waals surface area (Å²) in [5.74, 6) is 0.0867. The minimum atomic E-state index is -0.400. The van der Waals surface area contributed by atoms with Gasteiger partial charge in [0.05, 0.1) is 11.1 Å². The molecule has 3 aromatic carbocycles. The van der Waals surface area contributed by atoms with E-state index < -0.39 is 11.9 Å². The fourth-order valence-electron chi connectivity index (χ4n) is 3.40. The van der Waals surface area contributed by atoms with E-state index in [1.54, 1.807) is 12.1 Å². The molecule has 4 nitrogen and oxygen atoms in total. The lowest BCUT2D eigenvalue weighted by molar-refractivity contribution is -0.128. The van der Waals surface area contributed by atoms with Gasteiger partial charge in [-0.15, -0.1) is 0 Å². The second kappa shape index (κ2) is 5.43. The summed E-state index contributed by atoms with van der Waals surface area (Å²) in [7, 11) is 0. The van der Waals surface area contributed by atoms with Gasteiger partial charge in [-0.05, 0) is 23.3 Å². The second-order valence-electron chi connectivity index (χ2n) is 6.11. The molecule has 0 aliphatic carbocycles. The highest BCUT2D eigenvalue weighted by molar-refractivity contribution is 6.21. The predicted octanol–water partition coefficient (Wildman–Crippen LogP) is 1.92. The summed E-state index contributed by atoms with van der Waals surface area (Å²) >= 11 is 0. The highest BCUT2D eigenvalue weighted by atomic mass is 16.5. The van der Waals surface area contributed by atoms with Crippen LogP contribution in [0.3, 0.4) is 0 Å². The van der Waals surface area contributed by atoms with E-state index >= 15 is 0 Å². The van der Waals surface area contributed by atoms with Crippen LogP contribution in [-0.4, -0.2) is 11.9 Å². The minimum absolute atomic E-state index is 0.400. The van der Waals surface area contributed by atoms with Gasteiger partial charge in [0.25, 0.3) is 0 Å². The maximum Gasteiger partial charge on any atom is 0.344 e. The molecule has 0 unspecified atom stereocenters. The highest BCUT2D eigenvalue weighted by Crippen LogP contribution is 2.26. The van der Waals surface area contributed by atoms with Crippen LogP contribution < -0.4 is 19.9 Å². The molecule has 5 rings (SSSR count). The van der Waals surface area contributed by atoms with Gasteiger partial charge in [0.1, 0.15) is 11.5 Å². The summed E-state index contributed by atoms with van der Waals surface area (Å²) in [6.07, 6.45) is 0. The van der Waals surface area contributed by atoms with Gasteiger partial charge in [0.2, 0.25) is 0 Å². The Bertz CT molecular complexity index is 1090. The molecule has 2 aliphatic heterocycles. The maximum absolute atomic E-state index is 12.4. The van der Waals surface area contributed by atoms with E-state index in [9.17, 15) is 9.59 Å². The third kappa shape index (κ3) is 2.09. The molecule has 0 N–H and O–H groups in total. The summed E-state index contributed by atoms with van der Waals surface area (Å²) in [6, 6.07) is 22.1. The van der Waals surface area contributed by atoms with Crippen LogP contribution >= 0.6 is 0 Å². The van der Waals surface area contributed by atoms with Crippen molar-refractivity contribution < 1.29 is 19.1 Å². The molecular formula is C22H12O4. The van der Waals surface area contributed by atoms with Gasteiger partial charge in [0, 0.05) is 10.4 Å². The molecule has 0 fully saturated rings. The number of fused-ring (bicyclic) bond motifs is 2. The van der Waals surface area contributed by atoms with Crippen molar-refractivity contribution in [3.63, 3.8) is 0 Å². The van der Waals surface area contributed by atoms with Crippen LogP contribution in [0.25, 0.3) is 11.1 Å². The first-order chi connectivity index (χ1) is 12.7. The van der Waals surface area contributed by atoms with Gasteiger partial charge in [-0.1, -0.05) is 60.7 Å². The Morgan fingerprint density at radius 1 is 0.538 bits per heavy atom. The summed E-state index contributed by atoms with van der Waals surface area (Å²) in [5.41, 5.74) is 2.50. The Labute approximate surface area is 148 Å². The molecular weight excluding hydrogens is 328 g/mol. The standard InChI is InChI=1S/C22H12O4/c23-21-19(13-7-3-1-4-8-13)15-11-18-16(12-17(15)25-21)20(22(24)26-18)14-9-5-2-6-10-14/h1-12H. The Morgan fingerprint density at radius 3 is 1.31 bits per heavy atom. The number of carbonyl (C=O) groups excluding carboxylic acids is 2. The van der Waals surface area contributed by atoms with Crippen LogP contribution in [0.5, 0.6) is 11.5 Å². The number of hydrogen-bond donors (Lipinski definition) is 0. The molecule has 124 valence electrons. The lowest BCUT2D eigenvalue weighted by Gasteiger charge is -1.99. The molecule has 26 heavy (non-hydrogen) atoms. The number of carbonyl (C=O) groups is 2. The van der Waals surface area contributed by atoms with Crippen molar-refractivity contribution in [2.75, 3.05) is 0 Å². The largest absolute Gasteiger partial charge is 0.422 e. The zero-order valence-corrected chi connectivity index (χ0v) is 13.6. The van der Waals surface area contributed by atoms with Crippen molar-refractivity contribution in [3.05, 3.63) is 94.4 Å². The van der Waals surface area contributed by atoms with Gasteiger partial charge >= 0.3 is 11.9 Å². The number of ether oxygens (including phenoxy) is 2. The molecule has 0 atom stereocenters. The van der Waals surface area contributed by atoms with E-state index in [4.69, 9.17) is 9.47 Å². The lowest BCUT2D eigenvalue weighted by Crippen LogP contribution is -2.11. The maximum atomic E-state index is 12.4. The van der Waals surface area contributed by atoms with E-state index in [1.165, 1.54) is 0 Å².